The molecule has 164 valence electrons. The van der Waals surface area contributed by atoms with Crippen LogP contribution in [0.4, 0.5) is 5.82 Å². The van der Waals surface area contributed by atoms with Crippen molar-refractivity contribution in [2.75, 3.05) is 30.3 Å². The molecule has 0 aromatic carbocycles. The first kappa shape index (κ1) is 21.2. The third-order valence-corrected chi connectivity index (χ3v) is 6.68. The minimum absolute atomic E-state index is 0.00832. The topological polar surface area (TPSA) is 166 Å². The van der Waals surface area contributed by atoms with Gasteiger partial charge in [-0.3, -0.25) is 9.36 Å². The van der Waals surface area contributed by atoms with Gasteiger partial charge in [-0.15, -0.1) is 0 Å². The summed E-state index contributed by atoms with van der Waals surface area (Å²) in [4.78, 5) is 26.3. The molecular weight excluding hydrogens is 410 g/mol. The first-order valence-corrected chi connectivity index (χ1v) is 11.2. The van der Waals surface area contributed by atoms with Gasteiger partial charge in [-0.05, 0) is 25.0 Å². The first-order valence-electron chi connectivity index (χ1n) is 10.0. The van der Waals surface area contributed by atoms with Crippen LogP contribution in [-0.2, 0) is 9.53 Å². The second-order valence-corrected chi connectivity index (χ2v) is 8.78. The van der Waals surface area contributed by atoms with E-state index in [4.69, 9.17) is 16.2 Å². The van der Waals surface area contributed by atoms with Crippen LogP contribution in [0, 0.1) is 0 Å². The number of nitrogens with zero attached hydrogens (tertiary/aromatic N) is 5. The molecule has 2 aliphatic heterocycles. The molecule has 12 heteroatoms. The van der Waals surface area contributed by atoms with Crippen molar-refractivity contribution < 1.29 is 19.7 Å². The van der Waals surface area contributed by atoms with E-state index in [-0.39, 0.29) is 11.7 Å². The molecule has 4 rings (SSSR count). The van der Waals surface area contributed by atoms with Crippen LogP contribution in [0.15, 0.2) is 12.7 Å². The minimum Gasteiger partial charge on any atom is -0.387 e. The van der Waals surface area contributed by atoms with Crippen molar-refractivity contribution in [3.8, 4) is 0 Å². The lowest BCUT2D eigenvalue weighted by atomic mass is 10.1. The SMILES string of the molecule is Nc1ncnc2c1ncn2[C@@H]1O[C@H](CSCCC(N)C(=O)N2CCCC2)[C@@H](O)[C@H]1O. The summed E-state index contributed by atoms with van der Waals surface area (Å²) in [6.45, 7) is 1.58. The number of ether oxygens (including phenoxy) is 1. The normalized spacial score (nSPS) is 27.8. The van der Waals surface area contributed by atoms with Crippen molar-refractivity contribution >= 4 is 34.7 Å². The van der Waals surface area contributed by atoms with Crippen LogP contribution >= 0.6 is 11.8 Å². The molecule has 2 fully saturated rings. The number of nitrogens with two attached hydrogens (primary N) is 2. The second kappa shape index (κ2) is 9.02. The molecule has 2 aromatic rings. The predicted octanol–water partition coefficient (Wildman–Crippen LogP) is -0.899. The van der Waals surface area contributed by atoms with Gasteiger partial charge in [0.15, 0.2) is 17.7 Å². The van der Waals surface area contributed by atoms with E-state index in [0.717, 1.165) is 25.9 Å². The van der Waals surface area contributed by atoms with Crippen LogP contribution in [0.5, 0.6) is 0 Å². The average Bonchev–Trinajstić information content (AvgIpc) is 3.47. The van der Waals surface area contributed by atoms with Crippen molar-refractivity contribution in [2.24, 2.45) is 5.73 Å². The molecule has 2 aliphatic rings. The molecule has 0 bridgehead atoms. The monoisotopic (exact) mass is 437 g/mol. The van der Waals surface area contributed by atoms with E-state index in [1.54, 1.807) is 4.57 Å². The predicted molar refractivity (Wildman–Crippen MR) is 111 cm³/mol. The maximum atomic E-state index is 12.3. The second-order valence-electron chi connectivity index (χ2n) is 7.63. The Morgan fingerprint density at radius 3 is 2.80 bits per heavy atom. The molecule has 0 aliphatic carbocycles. The van der Waals surface area contributed by atoms with Gasteiger partial charge >= 0.3 is 0 Å². The summed E-state index contributed by atoms with van der Waals surface area (Å²) in [5, 5.41) is 20.9. The number of aliphatic hydroxyl groups is 2. The Bertz CT molecular complexity index is 891. The van der Waals surface area contributed by atoms with Gasteiger partial charge in [0, 0.05) is 18.8 Å². The number of nitrogen functional groups attached to an aromatic ring is 1. The highest BCUT2D eigenvalue weighted by Gasteiger charge is 2.44. The van der Waals surface area contributed by atoms with Gasteiger partial charge in [-0.1, -0.05) is 0 Å². The number of hydrogen-bond donors (Lipinski definition) is 4. The molecule has 1 unspecified atom stereocenters. The number of aliphatic hydroxyl groups excluding tert-OH is 2. The lowest BCUT2D eigenvalue weighted by Crippen LogP contribution is -2.42. The quantitative estimate of drug-likeness (QED) is 0.399. The molecule has 0 spiro atoms. The number of hydrogen-bond acceptors (Lipinski definition) is 10. The third-order valence-electron chi connectivity index (χ3n) is 5.59. The average molecular weight is 438 g/mol. The number of thioether (sulfide) groups is 1. The van der Waals surface area contributed by atoms with Crippen LogP contribution in [0.3, 0.4) is 0 Å². The van der Waals surface area contributed by atoms with Gasteiger partial charge in [0.2, 0.25) is 5.91 Å². The first-order chi connectivity index (χ1) is 14.5. The van der Waals surface area contributed by atoms with Crippen LogP contribution in [-0.4, -0.2) is 89.5 Å². The molecule has 0 radical (unpaired) electrons. The zero-order valence-electron chi connectivity index (χ0n) is 16.5. The van der Waals surface area contributed by atoms with Crippen molar-refractivity contribution in [3.05, 3.63) is 12.7 Å². The molecule has 11 nitrogen and oxygen atoms in total. The summed E-state index contributed by atoms with van der Waals surface area (Å²) in [5.41, 5.74) is 12.7. The molecule has 30 heavy (non-hydrogen) atoms. The number of carbonyl (C=O) groups is 1. The Morgan fingerprint density at radius 1 is 1.27 bits per heavy atom. The van der Waals surface area contributed by atoms with Crippen molar-refractivity contribution in [3.63, 3.8) is 0 Å². The van der Waals surface area contributed by atoms with Crippen LogP contribution in [0.25, 0.3) is 11.2 Å². The fourth-order valence-electron chi connectivity index (χ4n) is 3.86. The molecule has 5 atom stereocenters. The van der Waals surface area contributed by atoms with E-state index < -0.39 is 30.6 Å². The Kier molecular flexibility index (Phi) is 6.39. The van der Waals surface area contributed by atoms with E-state index >= 15 is 0 Å². The Morgan fingerprint density at radius 2 is 2.03 bits per heavy atom. The zero-order chi connectivity index (χ0) is 21.3. The third kappa shape index (κ3) is 4.10. The number of carbonyl (C=O) groups excluding carboxylic acids is 1. The standard InChI is InChI=1S/C18H27N7O4S/c19-10(17(28)24-4-1-2-5-24)3-6-30-7-11-13(26)14(27)18(29-11)25-9-23-12-15(20)21-8-22-16(12)25/h8-11,13-14,18,26-27H,1-7,19H2,(H2,20,21,22)/t10?,11-,13-,14-,18-/m1/s1. The molecule has 2 saturated heterocycles. The molecule has 6 N–H and O–H groups in total. The minimum atomic E-state index is -1.14. The largest absolute Gasteiger partial charge is 0.387 e. The number of fused-ring (bicyclic) bond motifs is 1. The Balaban J connectivity index is 1.30. The van der Waals surface area contributed by atoms with E-state index in [9.17, 15) is 15.0 Å². The highest BCUT2D eigenvalue weighted by Crippen LogP contribution is 2.33. The summed E-state index contributed by atoms with van der Waals surface area (Å²) < 4.78 is 7.46. The van der Waals surface area contributed by atoms with E-state index in [0.29, 0.717) is 29.1 Å². The summed E-state index contributed by atoms with van der Waals surface area (Å²) in [6.07, 6.45) is 1.82. The van der Waals surface area contributed by atoms with Crippen molar-refractivity contribution in [1.29, 1.82) is 0 Å². The van der Waals surface area contributed by atoms with Crippen molar-refractivity contribution in [1.82, 2.24) is 24.4 Å². The van der Waals surface area contributed by atoms with E-state index in [1.807, 2.05) is 4.90 Å². The van der Waals surface area contributed by atoms with Crippen LogP contribution < -0.4 is 11.5 Å². The fraction of sp³-hybridized carbons (Fsp3) is 0.667. The number of amides is 1. The van der Waals surface area contributed by atoms with E-state index in [1.165, 1.54) is 24.4 Å². The summed E-state index contributed by atoms with van der Waals surface area (Å²) in [7, 11) is 0. The van der Waals surface area contributed by atoms with E-state index in [2.05, 4.69) is 15.0 Å². The number of aromatic nitrogens is 4. The maximum Gasteiger partial charge on any atom is 0.239 e. The molecular formula is C18H27N7O4S. The maximum absolute atomic E-state index is 12.3. The molecule has 1 amide bonds. The summed E-state index contributed by atoms with van der Waals surface area (Å²) in [6, 6.07) is -0.509. The lowest BCUT2D eigenvalue weighted by Gasteiger charge is -2.20. The Hall–Kier alpha value is -1.99. The van der Waals surface area contributed by atoms with Gasteiger partial charge in [-0.25, -0.2) is 15.0 Å². The number of anilines is 1. The molecule has 4 heterocycles. The van der Waals surface area contributed by atoms with Gasteiger partial charge in [0.05, 0.1) is 18.5 Å². The zero-order valence-corrected chi connectivity index (χ0v) is 17.3. The van der Waals surface area contributed by atoms with Gasteiger partial charge < -0.3 is 31.3 Å². The fourth-order valence-corrected chi connectivity index (χ4v) is 4.95. The van der Waals surface area contributed by atoms with Gasteiger partial charge in [0.25, 0.3) is 0 Å². The van der Waals surface area contributed by atoms with Gasteiger partial charge in [-0.2, -0.15) is 11.8 Å². The van der Waals surface area contributed by atoms with Gasteiger partial charge in [0.1, 0.15) is 24.1 Å². The smallest absolute Gasteiger partial charge is 0.239 e. The molecule has 2 aromatic heterocycles. The van der Waals surface area contributed by atoms with Crippen LogP contribution in [0.2, 0.25) is 0 Å². The van der Waals surface area contributed by atoms with Crippen LogP contribution in [0.1, 0.15) is 25.5 Å². The lowest BCUT2D eigenvalue weighted by molar-refractivity contribution is -0.131. The summed E-state index contributed by atoms with van der Waals surface area (Å²) >= 11 is 1.53. The number of likely N-dealkylation sites (tertiary alicyclic amines) is 1. The number of rotatable bonds is 7. The highest BCUT2D eigenvalue weighted by atomic mass is 32.2. The van der Waals surface area contributed by atoms with Crippen molar-refractivity contribution in [2.45, 2.75) is 49.8 Å². The Labute approximate surface area is 177 Å². The number of imidazole rings is 1. The highest BCUT2D eigenvalue weighted by molar-refractivity contribution is 7.99. The summed E-state index contributed by atoms with van der Waals surface area (Å²) in [5.74, 6) is 1.36. The molecule has 0 saturated carbocycles.